The monoisotopic (exact) mass is 555 g/mol. The van der Waals surface area contributed by atoms with Crippen LogP contribution in [0.3, 0.4) is 0 Å². The average Bonchev–Trinajstić information content (AvgIpc) is 2.95. The van der Waals surface area contributed by atoms with Gasteiger partial charge in [-0.2, -0.15) is 0 Å². The van der Waals surface area contributed by atoms with E-state index in [0.29, 0.717) is 17.7 Å². The second-order valence-electron chi connectivity index (χ2n) is 9.14. The van der Waals surface area contributed by atoms with Gasteiger partial charge < -0.3 is 15.0 Å². The van der Waals surface area contributed by atoms with Gasteiger partial charge in [0.2, 0.25) is 11.8 Å². The third-order valence-electron chi connectivity index (χ3n) is 6.41. The van der Waals surface area contributed by atoms with Crippen LogP contribution < -0.4 is 14.4 Å². The highest BCUT2D eigenvalue weighted by Gasteiger charge is 2.33. The molecule has 0 radical (unpaired) electrons. The average molecular weight is 556 g/mol. The summed E-state index contributed by atoms with van der Waals surface area (Å²) in [6.07, 6.45) is 0.696. The molecule has 0 aliphatic carbocycles. The number of methoxy groups -OCH3 is 1. The molecule has 2 atom stereocenters. The van der Waals surface area contributed by atoms with E-state index >= 15 is 0 Å². The largest absolute Gasteiger partial charge is 0.497 e. The molecule has 0 aromatic heterocycles. The van der Waals surface area contributed by atoms with Gasteiger partial charge in [0.25, 0.3) is 10.0 Å². The Morgan fingerprint density at radius 2 is 1.56 bits per heavy atom. The number of benzene rings is 3. The number of hydrogen-bond acceptors (Lipinski definition) is 5. The van der Waals surface area contributed by atoms with Crippen molar-refractivity contribution >= 4 is 27.5 Å². The van der Waals surface area contributed by atoms with E-state index in [4.69, 9.17) is 4.74 Å². The van der Waals surface area contributed by atoms with E-state index in [2.05, 4.69) is 5.32 Å². The molecule has 0 heterocycles. The first kappa shape index (κ1) is 29.6. The maximum absolute atomic E-state index is 14.9. The Morgan fingerprint density at radius 3 is 2.15 bits per heavy atom. The van der Waals surface area contributed by atoms with Crippen molar-refractivity contribution in [2.45, 2.75) is 50.7 Å². The number of rotatable bonds is 12. The van der Waals surface area contributed by atoms with Gasteiger partial charge in [-0.05, 0) is 62.2 Å². The zero-order valence-corrected chi connectivity index (χ0v) is 23.3. The lowest BCUT2D eigenvalue weighted by atomic mass is 10.1. The number of ether oxygens (including phenoxy) is 1. The summed E-state index contributed by atoms with van der Waals surface area (Å²) in [7, 11) is -2.79. The molecule has 0 saturated carbocycles. The predicted octanol–water partition coefficient (Wildman–Crippen LogP) is 4.36. The highest BCUT2D eigenvalue weighted by atomic mass is 32.2. The molecule has 10 heteroatoms. The van der Waals surface area contributed by atoms with Crippen LogP contribution in [-0.2, 0) is 26.2 Å². The van der Waals surface area contributed by atoms with Crippen LogP contribution >= 0.6 is 0 Å². The molecule has 39 heavy (non-hydrogen) atoms. The van der Waals surface area contributed by atoms with Gasteiger partial charge in [0.05, 0.1) is 17.7 Å². The lowest BCUT2D eigenvalue weighted by molar-refractivity contribution is -0.139. The molecule has 3 rings (SSSR count). The molecule has 0 spiro atoms. The van der Waals surface area contributed by atoms with Crippen molar-refractivity contribution in [1.29, 1.82) is 0 Å². The van der Waals surface area contributed by atoms with E-state index < -0.39 is 34.3 Å². The first-order valence-electron chi connectivity index (χ1n) is 12.6. The summed E-state index contributed by atoms with van der Waals surface area (Å²) in [6.45, 7) is 4.67. The lowest BCUT2D eigenvalue weighted by Gasteiger charge is -2.32. The van der Waals surface area contributed by atoms with Crippen molar-refractivity contribution < 1.29 is 27.1 Å². The van der Waals surface area contributed by atoms with E-state index in [-0.39, 0.29) is 29.1 Å². The standard InChI is InChI=1S/C29H34FN3O5S/c1-5-21(2)31-29(35)22(3)32(19-23-15-17-24(38-4)18-16-23)28(34)20-33(27-14-10-9-13-26(27)30)39(36,37)25-11-7-6-8-12-25/h6-18,21-22H,5,19-20H2,1-4H3,(H,31,35). The summed E-state index contributed by atoms with van der Waals surface area (Å²) in [5, 5.41) is 2.87. The van der Waals surface area contributed by atoms with Gasteiger partial charge in [0, 0.05) is 12.6 Å². The highest BCUT2D eigenvalue weighted by Crippen LogP contribution is 2.27. The molecule has 2 unspecified atom stereocenters. The summed E-state index contributed by atoms with van der Waals surface area (Å²) < 4.78 is 48.2. The summed E-state index contributed by atoms with van der Waals surface area (Å²) >= 11 is 0. The van der Waals surface area contributed by atoms with E-state index in [1.165, 1.54) is 42.3 Å². The van der Waals surface area contributed by atoms with Gasteiger partial charge in [-0.3, -0.25) is 13.9 Å². The van der Waals surface area contributed by atoms with Gasteiger partial charge in [-0.25, -0.2) is 12.8 Å². The van der Waals surface area contributed by atoms with Crippen LogP contribution in [0.5, 0.6) is 5.75 Å². The van der Waals surface area contributed by atoms with Crippen molar-refractivity contribution in [2.75, 3.05) is 18.0 Å². The van der Waals surface area contributed by atoms with Crippen molar-refractivity contribution in [3.05, 3.63) is 90.2 Å². The van der Waals surface area contributed by atoms with E-state index in [1.807, 2.05) is 13.8 Å². The number of halogens is 1. The first-order valence-corrected chi connectivity index (χ1v) is 14.1. The van der Waals surface area contributed by atoms with Crippen LogP contribution in [0, 0.1) is 5.82 Å². The molecule has 8 nitrogen and oxygen atoms in total. The minimum Gasteiger partial charge on any atom is -0.497 e. The first-order chi connectivity index (χ1) is 18.6. The third-order valence-corrected chi connectivity index (χ3v) is 8.19. The number of nitrogens with one attached hydrogen (secondary N) is 1. The Bertz CT molecular complexity index is 1370. The Hall–Kier alpha value is -3.92. The van der Waals surface area contributed by atoms with Crippen LogP contribution in [-0.4, -0.2) is 50.9 Å². The van der Waals surface area contributed by atoms with Crippen LogP contribution in [0.1, 0.15) is 32.8 Å². The van der Waals surface area contributed by atoms with E-state index in [1.54, 1.807) is 49.4 Å². The number of anilines is 1. The van der Waals surface area contributed by atoms with Crippen LogP contribution in [0.25, 0.3) is 0 Å². The zero-order chi connectivity index (χ0) is 28.6. The summed E-state index contributed by atoms with van der Waals surface area (Å²) in [4.78, 5) is 28.1. The van der Waals surface area contributed by atoms with Gasteiger partial charge in [-0.15, -0.1) is 0 Å². The predicted molar refractivity (Wildman–Crippen MR) is 148 cm³/mol. The molecule has 1 N–H and O–H groups in total. The van der Waals surface area contributed by atoms with Crippen molar-refractivity contribution in [2.24, 2.45) is 0 Å². The number of carbonyl (C=O) groups excluding carboxylic acids is 2. The second-order valence-corrected chi connectivity index (χ2v) is 11.0. The Labute approximate surface area is 229 Å². The number of hydrogen-bond donors (Lipinski definition) is 1. The van der Waals surface area contributed by atoms with Gasteiger partial charge >= 0.3 is 0 Å². The SMILES string of the molecule is CCC(C)NC(=O)C(C)N(Cc1ccc(OC)cc1)C(=O)CN(c1ccccc1F)S(=O)(=O)c1ccccc1. The number of carbonyl (C=O) groups is 2. The minimum absolute atomic E-state index is 0.0222. The number of para-hydroxylation sites is 1. The summed E-state index contributed by atoms with van der Waals surface area (Å²) in [6, 6.07) is 18.8. The smallest absolute Gasteiger partial charge is 0.264 e. The molecular formula is C29H34FN3O5S. The van der Waals surface area contributed by atoms with E-state index in [9.17, 15) is 22.4 Å². The van der Waals surface area contributed by atoms with Crippen molar-refractivity contribution in [1.82, 2.24) is 10.2 Å². The maximum atomic E-state index is 14.9. The molecule has 0 bridgehead atoms. The fraction of sp³-hybridized carbons (Fsp3) is 0.310. The van der Waals surface area contributed by atoms with Crippen molar-refractivity contribution in [3.63, 3.8) is 0 Å². The van der Waals surface area contributed by atoms with Crippen LogP contribution in [0.15, 0.2) is 83.8 Å². The van der Waals surface area contributed by atoms with Gasteiger partial charge in [-0.1, -0.05) is 49.4 Å². The number of sulfonamides is 1. The zero-order valence-electron chi connectivity index (χ0n) is 22.5. The molecule has 2 amide bonds. The normalized spacial score (nSPS) is 12.7. The molecule has 3 aromatic rings. The van der Waals surface area contributed by atoms with Crippen molar-refractivity contribution in [3.8, 4) is 5.75 Å². The molecule has 0 aliphatic rings. The second kappa shape index (κ2) is 13.2. The number of amides is 2. The fourth-order valence-electron chi connectivity index (χ4n) is 3.86. The lowest BCUT2D eigenvalue weighted by Crippen LogP contribution is -2.52. The summed E-state index contributed by atoms with van der Waals surface area (Å²) in [5.74, 6) is -1.22. The third kappa shape index (κ3) is 7.35. The van der Waals surface area contributed by atoms with Crippen LogP contribution in [0.4, 0.5) is 10.1 Å². The Kier molecular flexibility index (Phi) is 10.1. The maximum Gasteiger partial charge on any atom is 0.264 e. The summed E-state index contributed by atoms with van der Waals surface area (Å²) in [5.41, 5.74) is 0.437. The molecule has 0 aliphatic heterocycles. The van der Waals surface area contributed by atoms with Gasteiger partial charge in [0.1, 0.15) is 24.2 Å². The van der Waals surface area contributed by atoms with E-state index in [0.717, 1.165) is 10.4 Å². The molecule has 0 fully saturated rings. The Balaban J connectivity index is 2.02. The van der Waals surface area contributed by atoms with Gasteiger partial charge in [0.15, 0.2) is 0 Å². The fourth-order valence-corrected chi connectivity index (χ4v) is 5.31. The topological polar surface area (TPSA) is 96.0 Å². The molecular weight excluding hydrogens is 521 g/mol. The number of nitrogens with zero attached hydrogens (tertiary/aromatic N) is 2. The molecule has 0 saturated heterocycles. The quantitative estimate of drug-likeness (QED) is 0.358. The minimum atomic E-state index is -4.33. The Morgan fingerprint density at radius 1 is 0.949 bits per heavy atom. The van der Waals surface area contributed by atoms with Crippen LogP contribution in [0.2, 0.25) is 0 Å². The molecule has 3 aromatic carbocycles. The highest BCUT2D eigenvalue weighted by molar-refractivity contribution is 7.92. The molecule has 208 valence electrons.